The second-order valence-electron chi connectivity index (χ2n) is 9.91. The number of halogens is 4. The van der Waals surface area contributed by atoms with E-state index >= 15 is 0 Å². The van der Waals surface area contributed by atoms with E-state index in [0.29, 0.717) is 0 Å². The van der Waals surface area contributed by atoms with Gasteiger partial charge in [-0.15, -0.1) is 0 Å². The van der Waals surface area contributed by atoms with E-state index in [-0.39, 0.29) is 19.5 Å². The van der Waals surface area contributed by atoms with Gasteiger partial charge in [-0.25, -0.2) is 0 Å². The zero-order valence-electron chi connectivity index (χ0n) is 26.1. The van der Waals surface area contributed by atoms with Crippen LogP contribution in [0.4, 0.5) is 17.3 Å². The monoisotopic (exact) mass is 756 g/mol. The van der Waals surface area contributed by atoms with Crippen molar-refractivity contribution in [3.8, 4) is 11.5 Å². The summed E-state index contributed by atoms with van der Waals surface area (Å²) >= 11 is 0. The maximum atomic E-state index is 9.75. The van der Waals surface area contributed by atoms with Crippen molar-refractivity contribution in [2.24, 2.45) is 0 Å². The molecule has 0 fully saturated rings. The Bertz CT molecular complexity index is 1330. The van der Waals surface area contributed by atoms with Crippen LogP contribution in [0.15, 0.2) is 133 Å². The normalized spacial score (nSPS) is 13.6. The average Bonchev–Trinajstić information content (AvgIpc) is 3.03. The maximum absolute atomic E-state index is 9.75. The molecule has 1 aliphatic rings. The smallest absolute Gasteiger partial charge is 0.496 e. The molecule has 4 aromatic rings. The van der Waals surface area contributed by atoms with Crippen molar-refractivity contribution in [1.82, 2.24) is 0 Å². The third-order valence-electron chi connectivity index (χ3n) is 6.77. The van der Waals surface area contributed by atoms with Crippen LogP contribution in [0, 0.1) is 0 Å². The number of rotatable bonds is 9. The molecule has 4 aromatic carbocycles. The van der Waals surface area contributed by atoms with Gasteiger partial charge >= 0.3 is 7.25 Å². The minimum absolute atomic E-state index is 0. The molecule has 0 heterocycles. The summed E-state index contributed by atoms with van der Waals surface area (Å²) in [7, 11) is -3.57. The van der Waals surface area contributed by atoms with Crippen molar-refractivity contribution in [2.45, 2.75) is 25.7 Å². The third kappa shape index (κ3) is 14.3. The minimum atomic E-state index is -6.00. The molecular weight excluding hydrogens is 716 g/mol. The Morgan fingerprint density at radius 2 is 0.783 bits per heavy atom. The molecule has 46 heavy (non-hydrogen) atoms. The number of allylic oxidation sites excluding steroid dienone is 4. The summed E-state index contributed by atoms with van der Waals surface area (Å²) in [5.41, 5.74) is 0. The molecule has 0 saturated carbocycles. The largest absolute Gasteiger partial charge is 0.673 e. The summed E-state index contributed by atoms with van der Waals surface area (Å²) < 4.78 is 50.5. The van der Waals surface area contributed by atoms with Crippen LogP contribution in [0.1, 0.15) is 25.7 Å². The van der Waals surface area contributed by atoms with Gasteiger partial charge in [0.05, 0.1) is 14.2 Å². The standard InChI is InChI=1S/C28H28O2P2.C8H12.BF4.Rh/c1-29-25-17-9-11-19-27(25)31(23-13-5-3-6-14-23)21-22-32(24-15-7-4-8-16-24)28-20-12-10-18-26(28)30-2;1-2-4-6-8-7-5-3-1;2-1(3,4)5;/h3-20H,21-22H2,1-2H3;1-2,7-8H,3-6H2;;/q;;-1;/t31-,32-;;;/m1.../s1. The quantitative estimate of drug-likeness (QED) is 0.0735. The minimum Gasteiger partial charge on any atom is -0.496 e. The van der Waals surface area contributed by atoms with Crippen molar-refractivity contribution < 1.29 is 46.2 Å². The van der Waals surface area contributed by atoms with E-state index in [0.717, 1.165) is 23.8 Å². The zero-order chi connectivity index (χ0) is 32.3. The Labute approximate surface area is 286 Å². The molecule has 0 saturated heterocycles. The van der Waals surface area contributed by atoms with Gasteiger partial charge in [-0.3, -0.25) is 0 Å². The van der Waals surface area contributed by atoms with Crippen molar-refractivity contribution in [3.05, 3.63) is 133 Å². The van der Waals surface area contributed by atoms with Gasteiger partial charge in [0, 0.05) is 30.1 Å². The van der Waals surface area contributed by atoms with Crippen LogP contribution in [0.3, 0.4) is 0 Å². The Morgan fingerprint density at radius 3 is 1.09 bits per heavy atom. The molecule has 10 heteroatoms. The molecule has 0 unspecified atom stereocenters. The molecule has 0 aromatic heterocycles. The molecule has 247 valence electrons. The topological polar surface area (TPSA) is 18.5 Å². The second kappa shape index (κ2) is 21.9. The molecule has 2 atom stereocenters. The van der Waals surface area contributed by atoms with E-state index in [2.05, 4.69) is 121 Å². The Hall–Kier alpha value is -2.77. The number of ether oxygens (including phenoxy) is 2. The van der Waals surface area contributed by atoms with E-state index in [1.807, 2.05) is 12.1 Å². The van der Waals surface area contributed by atoms with Gasteiger partial charge in [-0.05, 0) is 76.6 Å². The van der Waals surface area contributed by atoms with Crippen molar-refractivity contribution >= 4 is 44.3 Å². The molecule has 0 aliphatic heterocycles. The van der Waals surface area contributed by atoms with Crippen LogP contribution >= 0.6 is 15.8 Å². The summed E-state index contributed by atoms with van der Waals surface area (Å²) in [6.07, 6.45) is 16.2. The first kappa shape index (κ1) is 39.4. The molecule has 1 aliphatic carbocycles. The number of hydrogen-bond acceptors (Lipinski definition) is 2. The van der Waals surface area contributed by atoms with Gasteiger partial charge < -0.3 is 26.7 Å². The molecule has 2 nitrogen and oxygen atoms in total. The fourth-order valence-electron chi connectivity index (χ4n) is 4.75. The molecule has 0 N–H and O–H groups in total. The Kier molecular flexibility index (Phi) is 18.8. The average molecular weight is 756 g/mol. The van der Waals surface area contributed by atoms with Gasteiger partial charge in [0.15, 0.2) is 0 Å². The molecule has 0 spiro atoms. The SMILES string of the molecule is C1=CCCC=CCC1.COc1ccccc1[P@](CC[P@](c1ccccc1)c1ccccc1OC)c1ccccc1.F[B-](F)(F)F.[Rh]. The fourth-order valence-corrected chi connectivity index (χ4v) is 10.4. The summed E-state index contributed by atoms with van der Waals surface area (Å²) in [6.45, 7) is 0. The van der Waals surface area contributed by atoms with Crippen LogP contribution < -0.4 is 30.7 Å². The maximum Gasteiger partial charge on any atom is 0.673 e. The van der Waals surface area contributed by atoms with Crippen LogP contribution in [0.2, 0.25) is 0 Å². The summed E-state index contributed by atoms with van der Waals surface area (Å²) in [5, 5.41) is 5.38. The number of benzene rings is 4. The van der Waals surface area contributed by atoms with Crippen LogP contribution in [0.25, 0.3) is 0 Å². The Morgan fingerprint density at radius 1 is 0.500 bits per heavy atom. The van der Waals surface area contributed by atoms with E-state index in [1.165, 1.54) is 46.9 Å². The Balaban J connectivity index is 0.000000440. The fraction of sp³-hybridized carbons (Fsp3) is 0.222. The predicted octanol–water partition coefficient (Wildman–Crippen LogP) is 9.24. The van der Waals surface area contributed by atoms with E-state index < -0.39 is 23.1 Å². The summed E-state index contributed by atoms with van der Waals surface area (Å²) in [4.78, 5) is 0. The van der Waals surface area contributed by atoms with E-state index in [9.17, 15) is 17.3 Å². The molecule has 5 rings (SSSR count). The molecule has 0 amide bonds. The zero-order valence-corrected chi connectivity index (χ0v) is 29.5. The number of methoxy groups -OCH3 is 2. The van der Waals surface area contributed by atoms with Crippen molar-refractivity contribution in [3.63, 3.8) is 0 Å². The summed E-state index contributed by atoms with van der Waals surface area (Å²) in [5.74, 6) is 1.95. The first-order valence-corrected chi connectivity index (χ1v) is 18.0. The van der Waals surface area contributed by atoms with Gasteiger partial charge in [0.25, 0.3) is 0 Å². The molecule has 0 bridgehead atoms. The van der Waals surface area contributed by atoms with Gasteiger partial charge in [0.2, 0.25) is 0 Å². The summed E-state index contributed by atoms with van der Waals surface area (Å²) in [6, 6.07) is 38.7. The number of hydrogen-bond donors (Lipinski definition) is 0. The van der Waals surface area contributed by atoms with E-state index in [4.69, 9.17) is 9.47 Å². The van der Waals surface area contributed by atoms with Crippen LogP contribution in [0.5, 0.6) is 11.5 Å². The second-order valence-corrected chi connectivity index (χ2v) is 14.5. The van der Waals surface area contributed by atoms with Crippen LogP contribution in [-0.4, -0.2) is 33.8 Å². The van der Waals surface area contributed by atoms with Crippen molar-refractivity contribution in [2.75, 3.05) is 26.5 Å². The first-order valence-electron chi connectivity index (χ1n) is 14.9. The van der Waals surface area contributed by atoms with Crippen LogP contribution in [-0.2, 0) is 19.5 Å². The predicted molar refractivity (Wildman–Crippen MR) is 188 cm³/mol. The third-order valence-corrected chi connectivity index (χ3v) is 12.2. The van der Waals surface area contributed by atoms with Gasteiger partial charge in [-0.2, -0.15) is 0 Å². The molecule has 1 radical (unpaired) electrons. The van der Waals surface area contributed by atoms with Gasteiger partial charge in [0.1, 0.15) is 11.5 Å². The molecular formula is C36H40BF4O2P2Rh-. The van der Waals surface area contributed by atoms with Crippen molar-refractivity contribution in [1.29, 1.82) is 0 Å². The van der Waals surface area contributed by atoms with E-state index in [1.54, 1.807) is 14.2 Å². The number of para-hydroxylation sites is 2. The van der Waals surface area contributed by atoms with Gasteiger partial charge in [-0.1, -0.05) is 121 Å². The first-order chi connectivity index (χ1) is 21.8.